The molecule has 0 aromatic rings. The number of hydrogen-bond donors (Lipinski definition) is 2. The maximum absolute atomic E-state index is 6.10. The Morgan fingerprint density at radius 2 is 0.750 bits per heavy atom. The zero-order valence-corrected chi connectivity index (χ0v) is 8.85. The molecule has 3 rings (SSSR count). The first-order valence-electron chi connectivity index (χ1n) is 4.20. The number of fused-ring (bicyclic) bond motifs is 3. The lowest BCUT2D eigenvalue weighted by molar-refractivity contribution is 0.112. The highest BCUT2D eigenvalue weighted by atomic mass is 35.5. The van der Waals surface area contributed by atoms with Crippen LogP contribution in [0.4, 0.5) is 0 Å². The van der Waals surface area contributed by atoms with E-state index in [9.17, 15) is 0 Å². The van der Waals surface area contributed by atoms with Crippen LogP contribution in [0.5, 0.6) is 0 Å². The van der Waals surface area contributed by atoms with Crippen LogP contribution in [0.2, 0.25) is 0 Å². The highest BCUT2D eigenvalue weighted by Gasteiger charge is 2.44. The molecule has 3 saturated carbocycles. The molecule has 0 spiro atoms. The smallest absolute Gasteiger partial charge is 0.0156 e. The highest BCUT2D eigenvalue weighted by Crippen LogP contribution is 2.43. The van der Waals surface area contributed by atoms with Gasteiger partial charge in [-0.05, 0) is 38.5 Å². The molecule has 4 N–H and O–H groups in total. The fraction of sp³-hybridized carbons (Fsp3) is 1.00. The largest absolute Gasteiger partial charge is 0.325 e. The van der Waals surface area contributed by atoms with Gasteiger partial charge >= 0.3 is 0 Å². The molecule has 0 radical (unpaired) electrons. The van der Waals surface area contributed by atoms with Gasteiger partial charge in [0.1, 0.15) is 0 Å². The second-order valence-corrected chi connectivity index (χ2v) is 4.22. The van der Waals surface area contributed by atoms with Crippen molar-refractivity contribution < 1.29 is 0 Å². The number of hydrogen-bond acceptors (Lipinski definition) is 2. The lowest BCUT2D eigenvalue weighted by atomic mass is 9.62. The van der Waals surface area contributed by atoms with E-state index in [4.69, 9.17) is 11.5 Å². The summed E-state index contributed by atoms with van der Waals surface area (Å²) in [6.07, 6.45) is 6.94. The van der Waals surface area contributed by atoms with Gasteiger partial charge in [0.2, 0.25) is 0 Å². The lowest BCUT2D eigenvalue weighted by Crippen LogP contribution is -2.58. The summed E-state index contributed by atoms with van der Waals surface area (Å²) in [5, 5.41) is 0. The van der Waals surface area contributed by atoms with Gasteiger partial charge in [0.05, 0.1) is 0 Å². The number of halogens is 2. The van der Waals surface area contributed by atoms with Crippen molar-refractivity contribution in [1.29, 1.82) is 0 Å². The summed E-state index contributed by atoms with van der Waals surface area (Å²) < 4.78 is 0. The maximum Gasteiger partial charge on any atom is 0.0156 e. The van der Waals surface area contributed by atoms with Crippen LogP contribution in [-0.2, 0) is 0 Å². The molecule has 0 amide bonds. The minimum Gasteiger partial charge on any atom is -0.325 e. The first-order chi connectivity index (χ1) is 4.62. The molecule has 0 atom stereocenters. The van der Waals surface area contributed by atoms with E-state index >= 15 is 0 Å². The molecule has 12 heavy (non-hydrogen) atoms. The van der Waals surface area contributed by atoms with Crippen LogP contribution in [0.15, 0.2) is 0 Å². The Labute approximate surface area is 86.3 Å². The predicted molar refractivity (Wildman–Crippen MR) is 56.0 cm³/mol. The summed E-state index contributed by atoms with van der Waals surface area (Å²) >= 11 is 0. The summed E-state index contributed by atoms with van der Waals surface area (Å²) in [6.45, 7) is 0. The van der Waals surface area contributed by atoms with Gasteiger partial charge in [-0.25, -0.2) is 0 Å². The SMILES string of the molecule is Cl.Cl.NC12CCC(N)(CC1)CC2. The van der Waals surface area contributed by atoms with Crippen LogP contribution < -0.4 is 11.5 Å². The van der Waals surface area contributed by atoms with E-state index in [1.165, 1.54) is 0 Å². The van der Waals surface area contributed by atoms with Crippen molar-refractivity contribution in [1.82, 2.24) is 0 Å². The molecule has 2 bridgehead atoms. The Morgan fingerprint density at radius 3 is 0.917 bits per heavy atom. The van der Waals surface area contributed by atoms with Gasteiger partial charge in [0, 0.05) is 11.1 Å². The normalized spacial score (nSPS) is 44.5. The maximum atomic E-state index is 6.10. The summed E-state index contributed by atoms with van der Waals surface area (Å²) in [7, 11) is 0. The van der Waals surface area contributed by atoms with E-state index in [1.54, 1.807) is 0 Å². The first-order valence-corrected chi connectivity index (χ1v) is 4.20. The Morgan fingerprint density at radius 1 is 0.583 bits per heavy atom. The molecule has 3 aliphatic carbocycles. The molecule has 0 aliphatic heterocycles. The summed E-state index contributed by atoms with van der Waals surface area (Å²) in [6, 6.07) is 0. The molecule has 0 aromatic heterocycles. The number of nitrogens with two attached hydrogens (primary N) is 2. The minimum absolute atomic E-state index is 0. The van der Waals surface area contributed by atoms with E-state index < -0.39 is 0 Å². The third-order valence-corrected chi connectivity index (χ3v) is 3.36. The molecule has 3 aliphatic rings. The van der Waals surface area contributed by atoms with Gasteiger partial charge in [-0.3, -0.25) is 0 Å². The molecule has 4 heteroatoms. The average Bonchev–Trinajstić information content (AvgIpc) is 1.93. The van der Waals surface area contributed by atoms with Gasteiger partial charge in [0.15, 0.2) is 0 Å². The molecule has 3 fully saturated rings. The Bertz CT molecular complexity index is 119. The third kappa shape index (κ3) is 2.05. The second kappa shape index (κ2) is 3.70. The van der Waals surface area contributed by atoms with Gasteiger partial charge < -0.3 is 11.5 Å². The van der Waals surface area contributed by atoms with E-state index in [-0.39, 0.29) is 35.9 Å². The van der Waals surface area contributed by atoms with Gasteiger partial charge in [-0.15, -0.1) is 24.8 Å². The summed E-state index contributed by atoms with van der Waals surface area (Å²) in [4.78, 5) is 0. The van der Waals surface area contributed by atoms with Gasteiger partial charge in [-0.2, -0.15) is 0 Å². The first kappa shape index (κ1) is 12.5. The van der Waals surface area contributed by atoms with Crippen molar-refractivity contribution in [3.8, 4) is 0 Å². The van der Waals surface area contributed by atoms with Crippen LogP contribution in [0.3, 0.4) is 0 Å². The zero-order chi connectivity index (χ0) is 7.24. The van der Waals surface area contributed by atoms with E-state index in [0.29, 0.717) is 0 Å². The number of rotatable bonds is 0. The topological polar surface area (TPSA) is 52.0 Å². The molecular formula is C8H18Cl2N2. The predicted octanol–water partition coefficient (Wildman–Crippen LogP) is 1.59. The van der Waals surface area contributed by atoms with Gasteiger partial charge in [0.25, 0.3) is 0 Å². The van der Waals surface area contributed by atoms with Gasteiger partial charge in [-0.1, -0.05) is 0 Å². The molecule has 2 nitrogen and oxygen atoms in total. The summed E-state index contributed by atoms with van der Waals surface area (Å²) in [5.74, 6) is 0. The Balaban J connectivity index is 0.000000605. The molecule has 0 unspecified atom stereocenters. The van der Waals surface area contributed by atoms with E-state index in [1.807, 2.05) is 0 Å². The van der Waals surface area contributed by atoms with E-state index in [2.05, 4.69) is 0 Å². The van der Waals surface area contributed by atoms with Crippen LogP contribution in [0.25, 0.3) is 0 Å². The van der Waals surface area contributed by atoms with Crippen LogP contribution in [0.1, 0.15) is 38.5 Å². The highest BCUT2D eigenvalue weighted by molar-refractivity contribution is 5.85. The molecule has 74 valence electrons. The van der Waals surface area contributed by atoms with E-state index in [0.717, 1.165) is 38.5 Å². The van der Waals surface area contributed by atoms with Crippen molar-refractivity contribution in [2.45, 2.75) is 49.6 Å². The van der Waals surface area contributed by atoms with Crippen molar-refractivity contribution in [2.24, 2.45) is 11.5 Å². The fourth-order valence-corrected chi connectivity index (χ4v) is 2.24. The molecule has 0 heterocycles. The quantitative estimate of drug-likeness (QED) is 0.642. The Hall–Kier alpha value is 0.500. The third-order valence-electron chi connectivity index (χ3n) is 3.36. The van der Waals surface area contributed by atoms with Crippen molar-refractivity contribution >= 4 is 24.8 Å². The molecule has 0 saturated heterocycles. The van der Waals surface area contributed by atoms with Crippen LogP contribution in [-0.4, -0.2) is 11.1 Å². The molecular weight excluding hydrogens is 195 g/mol. The molecule has 0 aromatic carbocycles. The minimum atomic E-state index is 0. The van der Waals surface area contributed by atoms with Crippen molar-refractivity contribution in [3.63, 3.8) is 0 Å². The lowest BCUT2D eigenvalue weighted by Gasteiger charge is -2.49. The standard InChI is InChI=1S/C8H16N2.2ClH/c9-7-1-2-8(10,5-3-7)6-4-7;;/h1-6,9-10H2;2*1H. The van der Waals surface area contributed by atoms with Crippen LogP contribution in [0, 0.1) is 0 Å². The summed E-state index contributed by atoms with van der Waals surface area (Å²) in [5.41, 5.74) is 12.6. The second-order valence-electron chi connectivity index (χ2n) is 4.22. The van der Waals surface area contributed by atoms with Crippen molar-refractivity contribution in [3.05, 3.63) is 0 Å². The van der Waals surface area contributed by atoms with Crippen LogP contribution >= 0.6 is 24.8 Å². The average molecular weight is 213 g/mol. The van der Waals surface area contributed by atoms with Crippen molar-refractivity contribution in [2.75, 3.05) is 0 Å². The Kier molecular flexibility index (Phi) is 3.86. The monoisotopic (exact) mass is 212 g/mol. The fourth-order valence-electron chi connectivity index (χ4n) is 2.24. The zero-order valence-electron chi connectivity index (χ0n) is 7.21.